The van der Waals surface area contributed by atoms with Crippen LogP contribution in [0.3, 0.4) is 0 Å². The van der Waals surface area contributed by atoms with Gasteiger partial charge in [0, 0.05) is 33.9 Å². The summed E-state index contributed by atoms with van der Waals surface area (Å²) in [6, 6.07) is 13.9. The van der Waals surface area contributed by atoms with Crippen LogP contribution in [0.25, 0.3) is 10.1 Å². The van der Waals surface area contributed by atoms with Crippen molar-refractivity contribution in [1.29, 1.82) is 0 Å². The fourth-order valence-corrected chi connectivity index (χ4v) is 7.01. The third-order valence-electron chi connectivity index (χ3n) is 7.74. The van der Waals surface area contributed by atoms with Gasteiger partial charge in [0.2, 0.25) is 0 Å². The zero-order valence-corrected chi connectivity index (χ0v) is 20.8. The van der Waals surface area contributed by atoms with Crippen LogP contribution in [0.4, 0.5) is 5.00 Å². The molecule has 3 aromatic rings. The highest BCUT2D eigenvalue weighted by Gasteiger charge is 2.30. The van der Waals surface area contributed by atoms with Gasteiger partial charge in [0.05, 0.1) is 5.00 Å². The van der Waals surface area contributed by atoms with Crippen LogP contribution < -0.4 is 5.73 Å². The van der Waals surface area contributed by atoms with Crippen molar-refractivity contribution < 1.29 is 9.59 Å². The lowest BCUT2D eigenvalue weighted by molar-refractivity contribution is 0.0966. The van der Waals surface area contributed by atoms with E-state index in [4.69, 9.17) is 5.73 Å². The van der Waals surface area contributed by atoms with Crippen molar-refractivity contribution in [2.45, 2.75) is 70.3 Å². The number of fused-ring (bicyclic) bond motifs is 2. The van der Waals surface area contributed by atoms with Crippen molar-refractivity contribution in [2.75, 3.05) is 18.8 Å². The number of anilines is 1. The smallest absolute Gasteiger partial charge is 0.193 e. The van der Waals surface area contributed by atoms with E-state index in [1.165, 1.54) is 37.8 Å². The molecule has 2 aromatic carbocycles. The third kappa shape index (κ3) is 4.44. The molecular weight excluding hydrogens is 440 g/mol. The van der Waals surface area contributed by atoms with Crippen LogP contribution in [0, 0.1) is 0 Å². The molecular formula is C29H34N2O2S. The fraction of sp³-hybridized carbons (Fsp3) is 0.448. The molecule has 2 atom stereocenters. The topological polar surface area (TPSA) is 63.4 Å². The average Bonchev–Trinajstić information content (AvgIpc) is 3.04. The van der Waals surface area contributed by atoms with Crippen molar-refractivity contribution in [3.05, 3.63) is 64.7 Å². The van der Waals surface area contributed by atoms with E-state index in [-0.39, 0.29) is 11.6 Å². The van der Waals surface area contributed by atoms with Crippen LogP contribution in [0.2, 0.25) is 0 Å². The molecule has 2 aliphatic rings. The van der Waals surface area contributed by atoms with E-state index in [0.29, 0.717) is 29.0 Å². The second-order valence-electron chi connectivity index (χ2n) is 9.89. The maximum absolute atomic E-state index is 13.6. The van der Waals surface area contributed by atoms with Crippen LogP contribution in [-0.2, 0) is 0 Å². The fourth-order valence-electron chi connectivity index (χ4n) is 5.97. The van der Waals surface area contributed by atoms with Crippen molar-refractivity contribution in [3.8, 4) is 0 Å². The molecule has 3 heterocycles. The Morgan fingerprint density at radius 3 is 2.65 bits per heavy atom. The minimum Gasteiger partial charge on any atom is -0.390 e. The van der Waals surface area contributed by atoms with Crippen molar-refractivity contribution in [2.24, 2.45) is 0 Å². The highest BCUT2D eigenvalue weighted by atomic mass is 32.1. The van der Waals surface area contributed by atoms with Gasteiger partial charge in [-0.2, -0.15) is 0 Å². The van der Waals surface area contributed by atoms with E-state index >= 15 is 0 Å². The summed E-state index contributed by atoms with van der Waals surface area (Å²) in [5.41, 5.74) is 9.49. The van der Waals surface area contributed by atoms with Gasteiger partial charge in [-0.25, -0.2) is 0 Å². The maximum Gasteiger partial charge on any atom is 0.193 e. The van der Waals surface area contributed by atoms with Crippen LogP contribution in [-0.4, -0.2) is 35.6 Å². The molecule has 0 aliphatic carbocycles. The molecule has 178 valence electrons. The Labute approximate surface area is 206 Å². The Bertz CT molecular complexity index is 1200. The standard InChI is InChI=1S/C29H34N2O2S/c1-2-7-25(32)22-9-3-4-10-23(22)28(33)20-12-14-26-24(18-20)27(29(30)34-26)19-11-13-21-8-5-6-16-31(21)17-15-19/h3-4,9-10,12,14,18-19,21H,2,5-8,11,13,15-17,30H2,1H3. The second kappa shape index (κ2) is 10.0. The van der Waals surface area contributed by atoms with Crippen molar-refractivity contribution in [1.82, 2.24) is 4.90 Å². The van der Waals surface area contributed by atoms with Gasteiger partial charge in [-0.15, -0.1) is 11.3 Å². The van der Waals surface area contributed by atoms with Gasteiger partial charge in [0.15, 0.2) is 11.6 Å². The van der Waals surface area contributed by atoms with E-state index < -0.39 is 0 Å². The zero-order chi connectivity index (χ0) is 23.7. The Morgan fingerprint density at radius 2 is 1.82 bits per heavy atom. The summed E-state index contributed by atoms with van der Waals surface area (Å²) in [7, 11) is 0. The lowest BCUT2D eigenvalue weighted by Gasteiger charge is -2.33. The van der Waals surface area contributed by atoms with E-state index in [1.807, 2.05) is 37.3 Å². The number of hydrogen-bond donors (Lipinski definition) is 1. The number of nitrogens with two attached hydrogens (primary N) is 1. The first-order valence-electron chi connectivity index (χ1n) is 12.8. The molecule has 5 heteroatoms. The molecule has 0 radical (unpaired) electrons. The Hall–Kier alpha value is -2.50. The number of Topliss-reactive ketones (excluding diaryl/α,β-unsaturated/α-hetero) is 1. The quantitative estimate of drug-likeness (QED) is 0.398. The predicted octanol–water partition coefficient (Wildman–Crippen LogP) is 6.82. The molecule has 0 saturated carbocycles. The number of carbonyl (C=O) groups excluding carboxylic acids is 2. The summed E-state index contributed by atoms with van der Waals surface area (Å²) in [6.45, 7) is 4.35. The van der Waals surface area contributed by atoms with Gasteiger partial charge in [-0.1, -0.05) is 37.6 Å². The Kier molecular flexibility index (Phi) is 6.84. The van der Waals surface area contributed by atoms with Crippen LogP contribution in [0.1, 0.15) is 96.1 Å². The zero-order valence-electron chi connectivity index (χ0n) is 20.0. The summed E-state index contributed by atoms with van der Waals surface area (Å²) in [4.78, 5) is 28.9. The first-order chi connectivity index (χ1) is 16.6. The summed E-state index contributed by atoms with van der Waals surface area (Å²) in [5.74, 6) is 0.377. The maximum atomic E-state index is 13.6. The molecule has 0 amide bonds. The summed E-state index contributed by atoms with van der Waals surface area (Å²) in [5, 5.41) is 2.01. The predicted molar refractivity (Wildman–Crippen MR) is 141 cm³/mol. The van der Waals surface area contributed by atoms with Crippen LogP contribution >= 0.6 is 11.3 Å². The van der Waals surface area contributed by atoms with E-state index in [9.17, 15) is 9.59 Å². The number of nitrogen functional groups attached to an aromatic ring is 1. The number of rotatable bonds is 6. The number of piperidine rings is 1. The first-order valence-corrected chi connectivity index (χ1v) is 13.6. The van der Waals surface area contributed by atoms with E-state index in [2.05, 4.69) is 4.90 Å². The van der Waals surface area contributed by atoms with Gasteiger partial charge >= 0.3 is 0 Å². The highest BCUT2D eigenvalue weighted by molar-refractivity contribution is 7.22. The van der Waals surface area contributed by atoms with E-state index in [1.54, 1.807) is 23.5 Å². The molecule has 4 nitrogen and oxygen atoms in total. The Morgan fingerprint density at radius 1 is 1.00 bits per heavy atom. The van der Waals surface area contributed by atoms with Gasteiger partial charge in [-0.3, -0.25) is 9.59 Å². The molecule has 2 saturated heterocycles. The summed E-state index contributed by atoms with van der Waals surface area (Å²) < 4.78 is 1.14. The molecule has 2 unspecified atom stereocenters. The number of hydrogen-bond acceptors (Lipinski definition) is 5. The minimum absolute atomic E-state index is 0.0305. The molecule has 0 spiro atoms. The van der Waals surface area contributed by atoms with Crippen LogP contribution in [0.15, 0.2) is 42.5 Å². The molecule has 2 N–H and O–H groups in total. The van der Waals surface area contributed by atoms with Crippen molar-refractivity contribution >= 4 is 38.0 Å². The van der Waals surface area contributed by atoms with Crippen LogP contribution in [0.5, 0.6) is 0 Å². The molecule has 2 fully saturated rings. The van der Waals surface area contributed by atoms with Gasteiger partial charge in [-0.05, 0) is 86.7 Å². The Balaban J connectivity index is 1.48. The number of carbonyl (C=O) groups is 2. The SMILES string of the molecule is CCCC(=O)c1ccccc1C(=O)c1ccc2sc(N)c(C3CCC4CCCCN4CC3)c2c1. The molecule has 34 heavy (non-hydrogen) atoms. The summed E-state index contributed by atoms with van der Waals surface area (Å²) in [6.07, 6.45) is 8.72. The minimum atomic E-state index is -0.0873. The first kappa shape index (κ1) is 23.3. The largest absolute Gasteiger partial charge is 0.390 e. The van der Waals surface area contributed by atoms with Gasteiger partial charge in [0.25, 0.3) is 0 Å². The highest BCUT2D eigenvalue weighted by Crippen LogP contribution is 2.44. The molecule has 2 aliphatic heterocycles. The van der Waals surface area contributed by atoms with E-state index in [0.717, 1.165) is 46.9 Å². The molecule has 0 bridgehead atoms. The number of nitrogens with zero attached hydrogens (tertiary/aromatic N) is 1. The number of ketones is 2. The average molecular weight is 475 g/mol. The number of thiophene rings is 1. The second-order valence-corrected chi connectivity index (χ2v) is 11.0. The molecule has 1 aromatic heterocycles. The number of benzene rings is 2. The monoisotopic (exact) mass is 474 g/mol. The lowest BCUT2D eigenvalue weighted by atomic mass is 9.88. The molecule has 5 rings (SSSR count). The normalized spacial score (nSPS) is 21.2. The van der Waals surface area contributed by atoms with Gasteiger partial charge < -0.3 is 10.6 Å². The summed E-state index contributed by atoms with van der Waals surface area (Å²) >= 11 is 1.63. The third-order valence-corrected chi connectivity index (χ3v) is 8.75. The van der Waals surface area contributed by atoms with Gasteiger partial charge in [0.1, 0.15) is 0 Å². The lowest BCUT2D eigenvalue weighted by Crippen LogP contribution is -2.38. The van der Waals surface area contributed by atoms with Crippen molar-refractivity contribution in [3.63, 3.8) is 0 Å².